The summed E-state index contributed by atoms with van der Waals surface area (Å²) in [7, 11) is 0. The molecule has 0 aliphatic rings. The maximum absolute atomic E-state index is 9.26. The first kappa shape index (κ1) is 16.8. The topological polar surface area (TPSA) is 33.0 Å². The first-order valence-corrected chi connectivity index (χ1v) is 7.96. The summed E-state index contributed by atoms with van der Waals surface area (Å²) >= 11 is 0. The molecule has 0 N–H and O–H groups in total. The van der Waals surface area contributed by atoms with Crippen LogP contribution in [0.25, 0.3) is 5.57 Å². The number of hydrogen-bond donors (Lipinski definition) is 0. The van der Waals surface area contributed by atoms with Crippen LogP contribution in [-0.4, -0.2) is 6.61 Å². The largest absolute Gasteiger partial charge is 0.489 e. The van der Waals surface area contributed by atoms with Crippen LogP contribution in [0.1, 0.15) is 38.3 Å². The molecule has 23 heavy (non-hydrogen) atoms. The van der Waals surface area contributed by atoms with E-state index in [0.29, 0.717) is 12.2 Å². The Hall–Kier alpha value is -2.53. The van der Waals surface area contributed by atoms with Gasteiger partial charge in [-0.3, -0.25) is 0 Å². The zero-order chi connectivity index (χ0) is 16.7. The molecular weight excluding hydrogens is 282 g/mol. The molecule has 0 fully saturated rings. The van der Waals surface area contributed by atoms with Crippen molar-refractivity contribution in [3.8, 4) is 11.8 Å². The summed E-state index contributed by atoms with van der Waals surface area (Å²) in [6, 6.07) is 20.1. The molecule has 0 saturated heterocycles. The van der Waals surface area contributed by atoms with Crippen molar-refractivity contribution in [3.63, 3.8) is 0 Å². The minimum atomic E-state index is 0.180. The number of nitriles is 1. The first-order valence-electron chi connectivity index (χ1n) is 7.96. The summed E-state index contributed by atoms with van der Waals surface area (Å²) < 4.78 is 5.73. The van der Waals surface area contributed by atoms with E-state index in [4.69, 9.17) is 4.74 Å². The fraction of sp³-hybridized carbons (Fsp3) is 0.286. The van der Waals surface area contributed by atoms with E-state index in [0.717, 1.165) is 17.7 Å². The monoisotopic (exact) mass is 305 g/mol. The molecule has 0 heterocycles. The van der Waals surface area contributed by atoms with Crippen molar-refractivity contribution in [3.05, 3.63) is 71.8 Å². The van der Waals surface area contributed by atoms with Gasteiger partial charge in [0.25, 0.3) is 0 Å². The maximum Gasteiger partial charge on any atom is 0.119 e. The van der Waals surface area contributed by atoms with Gasteiger partial charge in [0.05, 0.1) is 11.6 Å². The second-order valence-electron chi connectivity index (χ2n) is 6.17. The van der Waals surface area contributed by atoms with Crippen LogP contribution in [-0.2, 0) is 5.41 Å². The minimum Gasteiger partial charge on any atom is -0.489 e. The van der Waals surface area contributed by atoms with Gasteiger partial charge in [0.2, 0.25) is 0 Å². The normalized spacial score (nSPS) is 11.8. The summed E-state index contributed by atoms with van der Waals surface area (Å²) in [6.07, 6.45) is 2.91. The second-order valence-corrected chi connectivity index (χ2v) is 6.17. The van der Waals surface area contributed by atoms with Crippen molar-refractivity contribution in [1.29, 1.82) is 5.26 Å². The third kappa shape index (κ3) is 4.47. The zero-order valence-corrected chi connectivity index (χ0v) is 14.0. The Morgan fingerprint density at radius 1 is 1.09 bits per heavy atom. The number of allylic oxidation sites excluding steroid dienone is 1. The molecule has 0 saturated carbocycles. The Kier molecular flexibility index (Phi) is 5.60. The number of nitrogens with zero attached hydrogens (tertiary/aromatic N) is 1. The number of benzene rings is 2. The Labute approximate surface area is 139 Å². The lowest BCUT2D eigenvalue weighted by Gasteiger charge is -2.23. The summed E-state index contributed by atoms with van der Waals surface area (Å²) in [4.78, 5) is 0. The molecule has 118 valence electrons. The number of hydrogen-bond acceptors (Lipinski definition) is 2. The molecule has 0 aliphatic carbocycles. The van der Waals surface area contributed by atoms with Gasteiger partial charge < -0.3 is 4.74 Å². The number of ether oxygens (including phenoxy) is 1. The molecule has 2 aromatic carbocycles. The third-order valence-electron chi connectivity index (χ3n) is 4.26. The molecule has 2 aromatic rings. The van der Waals surface area contributed by atoms with E-state index >= 15 is 0 Å². The van der Waals surface area contributed by atoms with E-state index in [9.17, 15) is 5.26 Å². The smallest absolute Gasteiger partial charge is 0.119 e. The van der Waals surface area contributed by atoms with Gasteiger partial charge >= 0.3 is 0 Å². The molecule has 0 spiro atoms. The standard InChI is InChI=1S/C21H23NO/c1-4-21(2,3)19-10-12-20(13-11-19)23-15-14-18(16-22)17-8-6-5-7-9-17/h5-14H,4,15H2,1-3H3. The van der Waals surface area contributed by atoms with Crippen molar-refractivity contribution in [1.82, 2.24) is 0 Å². The Morgan fingerprint density at radius 2 is 1.74 bits per heavy atom. The highest BCUT2D eigenvalue weighted by Crippen LogP contribution is 2.28. The highest BCUT2D eigenvalue weighted by atomic mass is 16.5. The second kappa shape index (κ2) is 7.65. The maximum atomic E-state index is 9.26. The summed E-state index contributed by atoms with van der Waals surface area (Å²) in [6.45, 7) is 7.06. The molecular formula is C21H23NO. The van der Waals surface area contributed by atoms with Gasteiger partial charge in [-0.15, -0.1) is 0 Å². The molecule has 0 unspecified atom stereocenters. The van der Waals surface area contributed by atoms with Crippen molar-refractivity contribution >= 4 is 5.57 Å². The van der Waals surface area contributed by atoms with Gasteiger partial charge in [0.1, 0.15) is 12.4 Å². The van der Waals surface area contributed by atoms with Gasteiger partial charge in [-0.05, 0) is 41.2 Å². The molecule has 0 atom stereocenters. The molecule has 2 nitrogen and oxygen atoms in total. The Balaban J connectivity index is 2.01. The van der Waals surface area contributed by atoms with Gasteiger partial charge in [-0.1, -0.05) is 63.2 Å². The van der Waals surface area contributed by atoms with Crippen LogP contribution in [0.15, 0.2) is 60.7 Å². The van der Waals surface area contributed by atoms with E-state index in [2.05, 4.69) is 39.0 Å². The van der Waals surface area contributed by atoms with E-state index in [1.54, 1.807) is 0 Å². The highest BCUT2D eigenvalue weighted by molar-refractivity contribution is 5.76. The lowest BCUT2D eigenvalue weighted by atomic mass is 9.82. The van der Waals surface area contributed by atoms with Crippen LogP contribution in [0.4, 0.5) is 0 Å². The van der Waals surface area contributed by atoms with Gasteiger partial charge in [0.15, 0.2) is 0 Å². The van der Waals surface area contributed by atoms with Crippen LogP contribution in [0.5, 0.6) is 5.75 Å². The van der Waals surface area contributed by atoms with Crippen molar-refractivity contribution in [2.75, 3.05) is 6.61 Å². The SMILES string of the molecule is CCC(C)(C)c1ccc(OCC=C(C#N)c2ccccc2)cc1. The molecule has 0 bridgehead atoms. The molecule has 0 aliphatic heterocycles. The summed E-state index contributed by atoms with van der Waals surface area (Å²) in [5, 5.41) is 9.26. The van der Waals surface area contributed by atoms with E-state index in [-0.39, 0.29) is 5.41 Å². The molecule has 0 aromatic heterocycles. The van der Waals surface area contributed by atoms with Crippen LogP contribution in [0.3, 0.4) is 0 Å². The fourth-order valence-corrected chi connectivity index (χ4v) is 2.27. The fourth-order valence-electron chi connectivity index (χ4n) is 2.27. The van der Waals surface area contributed by atoms with E-state index < -0.39 is 0 Å². The quantitative estimate of drug-likeness (QED) is 0.673. The predicted molar refractivity (Wildman–Crippen MR) is 95.3 cm³/mol. The van der Waals surface area contributed by atoms with Gasteiger partial charge in [0, 0.05) is 0 Å². The Morgan fingerprint density at radius 3 is 2.30 bits per heavy atom. The van der Waals surface area contributed by atoms with Crippen molar-refractivity contribution < 1.29 is 4.74 Å². The van der Waals surface area contributed by atoms with Gasteiger partial charge in [-0.2, -0.15) is 5.26 Å². The third-order valence-corrected chi connectivity index (χ3v) is 4.26. The summed E-state index contributed by atoms with van der Waals surface area (Å²) in [5.74, 6) is 0.822. The first-order chi connectivity index (χ1) is 11.1. The lowest BCUT2D eigenvalue weighted by Crippen LogP contribution is -2.15. The molecule has 2 heteroatoms. The van der Waals surface area contributed by atoms with Crippen molar-refractivity contribution in [2.24, 2.45) is 0 Å². The van der Waals surface area contributed by atoms with E-state index in [1.165, 1.54) is 5.56 Å². The van der Waals surface area contributed by atoms with Crippen LogP contribution < -0.4 is 4.74 Å². The average molecular weight is 305 g/mol. The minimum absolute atomic E-state index is 0.180. The molecule has 2 rings (SSSR count). The molecule has 0 radical (unpaired) electrons. The van der Waals surface area contributed by atoms with Crippen LogP contribution in [0, 0.1) is 11.3 Å². The lowest BCUT2D eigenvalue weighted by molar-refractivity contribution is 0.363. The van der Waals surface area contributed by atoms with Crippen molar-refractivity contribution in [2.45, 2.75) is 32.6 Å². The highest BCUT2D eigenvalue weighted by Gasteiger charge is 2.17. The van der Waals surface area contributed by atoms with E-state index in [1.807, 2.05) is 48.5 Å². The Bertz CT molecular complexity index is 691. The predicted octanol–water partition coefficient (Wildman–Crippen LogP) is 5.36. The molecule has 0 amide bonds. The average Bonchev–Trinajstić information content (AvgIpc) is 2.60. The van der Waals surface area contributed by atoms with Gasteiger partial charge in [-0.25, -0.2) is 0 Å². The summed E-state index contributed by atoms with van der Waals surface area (Å²) in [5.41, 5.74) is 3.04. The number of rotatable bonds is 6. The zero-order valence-electron chi connectivity index (χ0n) is 14.0. The van der Waals surface area contributed by atoms with Crippen LogP contribution >= 0.6 is 0 Å². The van der Waals surface area contributed by atoms with Crippen LogP contribution in [0.2, 0.25) is 0 Å².